The predicted molar refractivity (Wildman–Crippen MR) is 81.4 cm³/mol. The zero-order valence-corrected chi connectivity index (χ0v) is 12.8. The van der Waals surface area contributed by atoms with Crippen molar-refractivity contribution in [2.75, 3.05) is 20.8 Å². The minimum absolute atomic E-state index is 0.0658. The number of hydrogen-bond acceptors (Lipinski definition) is 3. The molecule has 0 saturated carbocycles. The molecule has 0 unspecified atom stereocenters. The lowest BCUT2D eigenvalue weighted by molar-refractivity contribution is 0.0826. The van der Waals surface area contributed by atoms with Gasteiger partial charge in [-0.15, -0.1) is 0 Å². The first kappa shape index (κ1) is 16.9. The molecule has 6 heteroatoms. The Hall–Kier alpha value is -2.47. The van der Waals surface area contributed by atoms with Crippen LogP contribution in [0.1, 0.15) is 22.0 Å². The van der Waals surface area contributed by atoms with E-state index in [1.54, 1.807) is 12.1 Å². The van der Waals surface area contributed by atoms with Crippen LogP contribution in [-0.4, -0.2) is 26.7 Å². The molecule has 4 nitrogen and oxygen atoms in total. The van der Waals surface area contributed by atoms with Gasteiger partial charge in [-0.3, -0.25) is 4.79 Å². The van der Waals surface area contributed by atoms with Crippen molar-refractivity contribution in [3.8, 4) is 5.75 Å². The molecule has 1 N–H and O–H groups in total. The van der Waals surface area contributed by atoms with Gasteiger partial charge in [0, 0.05) is 19.2 Å². The predicted octanol–water partition coefficient (Wildman–Crippen LogP) is 3.09. The highest BCUT2D eigenvalue weighted by Crippen LogP contribution is 2.19. The average Bonchev–Trinajstić information content (AvgIpc) is 2.55. The van der Waals surface area contributed by atoms with Crippen LogP contribution >= 0.6 is 0 Å². The molecule has 0 aliphatic heterocycles. The van der Waals surface area contributed by atoms with Crippen LogP contribution in [-0.2, 0) is 4.74 Å². The van der Waals surface area contributed by atoms with Gasteiger partial charge in [0.15, 0.2) is 11.6 Å². The maximum absolute atomic E-state index is 13.6. The van der Waals surface area contributed by atoms with E-state index in [2.05, 4.69) is 5.32 Å². The van der Waals surface area contributed by atoms with Crippen LogP contribution in [0.4, 0.5) is 8.78 Å². The highest BCUT2D eigenvalue weighted by Gasteiger charge is 2.15. The summed E-state index contributed by atoms with van der Waals surface area (Å²) in [5.41, 5.74) is 0.770. The van der Waals surface area contributed by atoms with E-state index in [0.29, 0.717) is 5.56 Å². The second-order valence-corrected chi connectivity index (χ2v) is 4.84. The molecule has 23 heavy (non-hydrogen) atoms. The number of carbonyl (C=O) groups excluding carboxylic acids is 1. The molecule has 1 amide bonds. The van der Waals surface area contributed by atoms with Gasteiger partial charge >= 0.3 is 0 Å². The van der Waals surface area contributed by atoms with E-state index in [-0.39, 0.29) is 23.7 Å². The molecule has 2 rings (SSSR count). The van der Waals surface area contributed by atoms with E-state index in [1.807, 2.05) is 0 Å². The zero-order chi connectivity index (χ0) is 16.8. The molecule has 0 fully saturated rings. The summed E-state index contributed by atoms with van der Waals surface area (Å²) >= 11 is 0. The van der Waals surface area contributed by atoms with Crippen LogP contribution in [0.5, 0.6) is 5.75 Å². The van der Waals surface area contributed by atoms with Gasteiger partial charge in [0.25, 0.3) is 5.91 Å². The third-order valence-corrected chi connectivity index (χ3v) is 3.37. The second kappa shape index (κ2) is 7.69. The quantitative estimate of drug-likeness (QED) is 0.889. The molecule has 0 bridgehead atoms. The number of methoxy groups -OCH3 is 2. The molecule has 0 spiro atoms. The van der Waals surface area contributed by atoms with Crippen LogP contribution in [0.2, 0.25) is 0 Å². The Morgan fingerprint density at radius 3 is 2.57 bits per heavy atom. The Kier molecular flexibility index (Phi) is 5.65. The first-order valence-corrected chi connectivity index (χ1v) is 6.95. The first-order chi connectivity index (χ1) is 11.0. The van der Waals surface area contributed by atoms with E-state index in [4.69, 9.17) is 9.47 Å². The number of nitrogens with one attached hydrogen (secondary N) is 1. The van der Waals surface area contributed by atoms with Crippen molar-refractivity contribution in [1.29, 1.82) is 0 Å². The van der Waals surface area contributed by atoms with Crippen molar-refractivity contribution < 1.29 is 23.0 Å². The molecular formula is C17H17F2NO3. The monoisotopic (exact) mass is 321 g/mol. The van der Waals surface area contributed by atoms with Crippen LogP contribution < -0.4 is 10.1 Å². The third kappa shape index (κ3) is 4.26. The van der Waals surface area contributed by atoms with Crippen molar-refractivity contribution in [3.05, 3.63) is 65.2 Å². The van der Waals surface area contributed by atoms with Gasteiger partial charge in [0.1, 0.15) is 5.82 Å². The van der Waals surface area contributed by atoms with E-state index < -0.39 is 17.8 Å². The molecule has 122 valence electrons. The maximum Gasteiger partial charge on any atom is 0.251 e. The first-order valence-electron chi connectivity index (χ1n) is 6.95. The highest BCUT2D eigenvalue weighted by atomic mass is 19.1. The van der Waals surface area contributed by atoms with Crippen molar-refractivity contribution >= 4 is 5.91 Å². The smallest absolute Gasteiger partial charge is 0.251 e. The lowest BCUT2D eigenvalue weighted by atomic mass is 10.1. The van der Waals surface area contributed by atoms with Gasteiger partial charge in [0.2, 0.25) is 0 Å². The fourth-order valence-electron chi connectivity index (χ4n) is 2.14. The Morgan fingerprint density at radius 1 is 1.17 bits per heavy atom. The topological polar surface area (TPSA) is 47.6 Å². The fraction of sp³-hybridized carbons (Fsp3) is 0.235. The van der Waals surface area contributed by atoms with Crippen molar-refractivity contribution in [2.45, 2.75) is 6.10 Å². The minimum atomic E-state index is -0.617. The van der Waals surface area contributed by atoms with Gasteiger partial charge < -0.3 is 14.8 Å². The summed E-state index contributed by atoms with van der Waals surface area (Å²) < 4.78 is 36.9. The molecule has 0 heterocycles. The van der Waals surface area contributed by atoms with Gasteiger partial charge in [0.05, 0.1) is 13.2 Å². The van der Waals surface area contributed by atoms with Gasteiger partial charge in [-0.05, 0) is 35.9 Å². The lowest BCUT2D eigenvalue weighted by Gasteiger charge is -2.16. The number of ether oxygens (including phenoxy) is 2. The lowest BCUT2D eigenvalue weighted by Crippen LogP contribution is -2.29. The molecule has 0 aliphatic rings. The molecule has 0 aromatic heterocycles. The van der Waals surface area contributed by atoms with E-state index in [0.717, 1.165) is 6.07 Å². The summed E-state index contributed by atoms with van der Waals surface area (Å²) in [6, 6.07) is 9.88. The molecule has 2 aromatic carbocycles. The number of benzene rings is 2. The SMILES string of the molecule is COc1ccc(C(=O)NC[C@H](OC)c2cccc(F)c2)cc1F. The van der Waals surface area contributed by atoms with Crippen molar-refractivity contribution in [3.63, 3.8) is 0 Å². The summed E-state index contributed by atoms with van der Waals surface area (Å²) in [7, 11) is 2.81. The fourth-order valence-corrected chi connectivity index (χ4v) is 2.14. The van der Waals surface area contributed by atoms with Gasteiger partial charge in [-0.1, -0.05) is 12.1 Å². The number of hydrogen-bond donors (Lipinski definition) is 1. The van der Waals surface area contributed by atoms with Gasteiger partial charge in [-0.25, -0.2) is 8.78 Å². The number of carbonyl (C=O) groups is 1. The maximum atomic E-state index is 13.6. The van der Waals surface area contributed by atoms with E-state index >= 15 is 0 Å². The summed E-state index contributed by atoms with van der Waals surface area (Å²) in [5, 5.41) is 2.64. The van der Waals surface area contributed by atoms with Crippen LogP contribution in [0.3, 0.4) is 0 Å². The number of halogens is 2. The summed E-state index contributed by atoms with van der Waals surface area (Å²) in [5.74, 6) is -1.39. The highest BCUT2D eigenvalue weighted by molar-refractivity contribution is 5.94. The molecule has 0 saturated heterocycles. The van der Waals surface area contributed by atoms with E-state index in [9.17, 15) is 13.6 Å². The third-order valence-electron chi connectivity index (χ3n) is 3.37. The van der Waals surface area contributed by atoms with Crippen molar-refractivity contribution in [1.82, 2.24) is 5.32 Å². The Labute approximate surface area is 133 Å². The molecule has 0 radical (unpaired) electrons. The molecule has 0 aliphatic carbocycles. The largest absolute Gasteiger partial charge is 0.494 e. The molecular weight excluding hydrogens is 304 g/mol. The van der Waals surface area contributed by atoms with Gasteiger partial charge in [-0.2, -0.15) is 0 Å². The molecule has 2 aromatic rings. The summed E-state index contributed by atoms with van der Waals surface area (Å²) in [6.45, 7) is 0.131. The minimum Gasteiger partial charge on any atom is -0.494 e. The Bertz CT molecular complexity index is 691. The summed E-state index contributed by atoms with van der Waals surface area (Å²) in [4.78, 5) is 12.1. The number of amides is 1. The summed E-state index contributed by atoms with van der Waals surface area (Å²) in [6.07, 6.45) is -0.502. The van der Waals surface area contributed by atoms with E-state index in [1.165, 1.54) is 38.5 Å². The average molecular weight is 321 g/mol. The Morgan fingerprint density at radius 2 is 1.96 bits per heavy atom. The Balaban J connectivity index is 2.03. The van der Waals surface area contributed by atoms with Crippen molar-refractivity contribution in [2.24, 2.45) is 0 Å². The normalized spacial score (nSPS) is 11.8. The zero-order valence-electron chi connectivity index (χ0n) is 12.8. The number of rotatable bonds is 6. The van der Waals surface area contributed by atoms with Crippen LogP contribution in [0.25, 0.3) is 0 Å². The van der Waals surface area contributed by atoms with Crippen LogP contribution in [0.15, 0.2) is 42.5 Å². The van der Waals surface area contributed by atoms with Crippen LogP contribution in [0, 0.1) is 11.6 Å². The second-order valence-electron chi connectivity index (χ2n) is 4.84. The molecule has 1 atom stereocenters. The standard InChI is InChI=1S/C17H17F2NO3/c1-22-15-7-6-12(9-14(15)19)17(21)20-10-16(23-2)11-4-3-5-13(18)8-11/h3-9,16H,10H2,1-2H3,(H,20,21)/t16-/m0/s1.